The summed E-state index contributed by atoms with van der Waals surface area (Å²) >= 11 is 0. The molecule has 0 aliphatic carbocycles. The number of rotatable bonds is 2. The Morgan fingerprint density at radius 1 is 1.11 bits per heavy atom. The second-order valence-electron chi connectivity index (χ2n) is 5.86. The van der Waals surface area contributed by atoms with Crippen molar-refractivity contribution in [2.75, 3.05) is 5.32 Å². The zero-order chi connectivity index (χ0) is 14.0. The van der Waals surface area contributed by atoms with Gasteiger partial charge < -0.3 is 11.1 Å². The number of carbonyl (C=O) groups excluding carboxylic acids is 1. The fourth-order valence-electron chi connectivity index (χ4n) is 1.94. The third-order valence-corrected chi connectivity index (χ3v) is 3.26. The molecule has 2 aromatic carbocycles. The minimum atomic E-state index is -0.536. The van der Waals surface area contributed by atoms with Gasteiger partial charge >= 0.3 is 0 Å². The van der Waals surface area contributed by atoms with Gasteiger partial charge in [0.1, 0.15) is 0 Å². The fourth-order valence-corrected chi connectivity index (χ4v) is 1.94. The Morgan fingerprint density at radius 2 is 1.74 bits per heavy atom. The van der Waals surface area contributed by atoms with Crippen molar-refractivity contribution in [3.05, 3.63) is 42.5 Å². The normalized spacial score (nSPS) is 13.3. The number of amides is 1. The monoisotopic (exact) mass is 256 g/mol. The molecule has 0 bridgehead atoms. The van der Waals surface area contributed by atoms with Crippen LogP contribution in [-0.4, -0.2) is 11.9 Å². The molecule has 0 radical (unpaired) electrons. The summed E-state index contributed by atoms with van der Waals surface area (Å²) in [6.07, 6.45) is 0. The predicted octanol–water partition coefficient (Wildman–Crippen LogP) is 3.15. The number of carbonyl (C=O) groups is 1. The van der Waals surface area contributed by atoms with E-state index in [1.807, 2.05) is 63.2 Å². The third-order valence-electron chi connectivity index (χ3n) is 3.26. The molecule has 0 spiro atoms. The Bertz CT molecular complexity index is 594. The van der Waals surface area contributed by atoms with Gasteiger partial charge in [0.05, 0.1) is 6.04 Å². The van der Waals surface area contributed by atoms with Crippen molar-refractivity contribution >= 4 is 22.4 Å². The van der Waals surface area contributed by atoms with E-state index in [2.05, 4.69) is 5.32 Å². The van der Waals surface area contributed by atoms with Crippen LogP contribution < -0.4 is 11.1 Å². The van der Waals surface area contributed by atoms with Gasteiger partial charge in [-0.25, -0.2) is 0 Å². The highest BCUT2D eigenvalue weighted by Crippen LogP contribution is 2.24. The van der Waals surface area contributed by atoms with Crippen molar-refractivity contribution in [1.82, 2.24) is 0 Å². The highest BCUT2D eigenvalue weighted by atomic mass is 16.2. The number of nitrogens with two attached hydrogens (primary N) is 1. The minimum Gasteiger partial charge on any atom is -0.324 e. The van der Waals surface area contributed by atoms with Gasteiger partial charge in [-0.3, -0.25) is 4.79 Å². The van der Waals surface area contributed by atoms with E-state index in [9.17, 15) is 4.79 Å². The number of anilines is 1. The average Bonchev–Trinajstić information content (AvgIpc) is 2.37. The second-order valence-corrected chi connectivity index (χ2v) is 5.86. The molecule has 19 heavy (non-hydrogen) atoms. The van der Waals surface area contributed by atoms with Crippen LogP contribution in [0, 0.1) is 5.41 Å². The number of nitrogens with one attached hydrogen (secondary N) is 1. The number of hydrogen-bond donors (Lipinski definition) is 2. The molecule has 3 nitrogen and oxygen atoms in total. The maximum absolute atomic E-state index is 12.2. The molecule has 0 saturated carbocycles. The van der Waals surface area contributed by atoms with Gasteiger partial charge in [0.15, 0.2) is 0 Å². The van der Waals surface area contributed by atoms with E-state index in [0.717, 1.165) is 16.5 Å². The van der Waals surface area contributed by atoms with E-state index in [1.54, 1.807) is 0 Å². The van der Waals surface area contributed by atoms with Crippen LogP contribution in [-0.2, 0) is 4.79 Å². The van der Waals surface area contributed by atoms with Crippen LogP contribution in [0.3, 0.4) is 0 Å². The maximum atomic E-state index is 12.2. The van der Waals surface area contributed by atoms with Gasteiger partial charge in [-0.1, -0.05) is 57.2 Å². The van der Waals surface area contributed by atoms with Crippen molar-refractivity contribution in [1.29, 1.82) is 0 Å². The standard InChI is InChI=1S/C16H20N2O/c1-16(2,3)14(17)15(19)18-13-10-6-8-11-7-4-5-9-12(11)13/h4-10,14H,17H2,1-3H3,(H,18,19)/t14-/m0/s1. The summed E-state index contributed by atoms with van der Waals surface area (Å²) < 4.78 is 0. The van der Waals surface area contributed by atoms with Crippen LogP contribution in [0.15, 0.2) is 42.5 Å². The highest BCUT2D eigenvalue weighted by Gasteiger charge is 2.27. The zero-order valence-corrected chi connectivity index (χ0v) is 11.6. The molecule has 0 saturated heterocycles. The minimum absolute atomic E-state index is 0.149. The SMILES string of the molecule is CC(C)(C)[C@@H](N)C(=O)Nc1cccc2ccccc12. The average molecular weight is 256 g/mol. The molecule has 2 aromatic rings. The Balaban J connectivity index is 2.29. The van der Waals surface area contributed by atoms with Crippen LogP contribution in [0.25, 0.3) is 10.8 Å². The fraction of sp³-hybridized carbons (Fsp3) is 0.312. The van der Waals surface area contributed by atoms with Crippen molar-refractivity contribution in [3.8, 4) is 0 Å². The molecule has 3 heteroatoms. The molecule has 0 aromatic heterocycles. The van der Waals surface area contributed by atoms with Crippen LogP contribution in [0.1, 0.15) is 20.8 Å². The summed E-state index contributed by atoms with van der Waals surface area (Å²) in [6.45, 7) is 5.88. The molecule has 0 aliphatic heterocycles. The lowest BCUT2D eigenvalue weighted by atomic mass is 9.87. The third kappa shape index (κ3) is 2.93. The van der Waals surface area contributed by atoms with Crippen LogP contribution in [0.4, 0.5) is 5.69 Å². The van der Waals surface area contributed by atoms with Crippen molar-refractivity contribution in [2.45, 2.75) is 26.8 Å². The molecule has 0 fully saturated rings. The molecule has 0 aliphatic rings. The molecule has 1 amide bonds. The van der Waals surface area contributed by atoms with E-state index in [0.29, 0.717) is 0 Å². The van der Waals surface area contributed by atoms with E-state index in [-0.39, 0.29) is 11.3 Å². The number of benzene rings is 2. The molecule has 0 unspecified atom stereocenters. The Labute approximate surface area is 113 Å². The lowest BCUT2D eigenvalue weighted by Crippen LogP contribution is -2.45. The Kier molecular flexibility index (Phi) is 3.58. The summed E-state index contributed by atoms with van der Waals surface area (Å²) in [4.78, 5) is 12.2. The van der Waals surface area contributed by atoms with Gasteiger partial charge in [-0.2, -0.15) is 0 Å². The largest absolute Gasteiger partial charge is 0.324 e. The van der Waals surface area contributed by atoms with E-state index >= 15 is 0 Å². The second kappa shape index (κ2) is 5.02. The molecule has 2 rings (SSSR count). The van der Waals surface area contributed by atoms with Gasteiger partial charge in [0.25, 0.3) is 0 Å². The first-order chi connectivity index (χ1) is 8.89. The topological polar surface area (TPSA) is 55.1 Å². The maximum Gasteiger partial charge on any atom is 0.241 e. The molecule has 3 N–H and O–H groups in total. The van der Waals surface area contributed by atoms with E-state index in [4.69, 9.17) is 5.73 Å². The van der Waals surface area contributed by atoms with Crippen molar-refractivity contribution in [3.63, 3.8) is 0 Å². The molecule has 100 valence electrons. The molecule has 1 atom stereocenters. The van der Waals surface area contributed by atoms with Crippen LogP contribution in [0.5, 0.6) is 0 Å². The lowest BCUT2D eigenvalue weighted by Gasteiger charge is -2.26. The lowest BCUT2D eigenvalue weighted by molar-refractivity contribution is -0.119. The summed E-state index contributed by atoms with van der Waals surface area (Å²) in [5.41, 5.74) is 6.53. The van der Waals surface area contributed by atoms with E-state index in [1.165, 1.54) is 0 Å². The number of fused-ring (bicyclic) bond motifs is 1. The summed E-state index contributed by atoms with van der Waals surface area (Å²) in [5.74, 6) is -0.149. The number of hydrogen-bond acceptors (Lipinski definition) is 2. The summed E-state index contributed by atoms with van der Waals surface area (Å²) in [7, 11) is 0. The quantitative estimate of drug-likeness (QED) is 0.867. The smallest absolute Gasteiger partial charge is 0.241 e. The summed E-state index contributed by atoms with van der Waals surface area (Å²) in [6, 6.07) is 13.3. The first kappa shape index (κ1) is 13.6. The van der Waals surface area contributed by atoms with Gasteiger partial charge in [0.2, 0.25) is 5.91 Å². The van der Waals surface area contributed by atoms with Crippen molar-refractivity contribution in [2.24, 2.45) is 11.1 Å². The molecular weight excluding hydrogens is 236 g/mol. The van der Waals surface area contributed by atoms with Crippen molar-refractivity contribution < 1.29 is 4.79 Å². The Hall–Kier alpha value is -1.87. The zero-order valence-electron chi connectivity index (χ0n) is 11.6. The first-order valence-electron chi connectivity index (χ1n) is 6.44. The van der Waals surface area contributed by atoms with E-state index < -0.39 is 6.04 Å². The van der Waals surface area contributed by atoms with Gasteiger partial charge in [0, 0.05) is 11.1 Å². The van der Waals surface area contributed by atoms with Gasteiger partial charge in [-0.05, 0) is 16.9 Å². The highest BCUT2D eigenvalue weighted by molar-refractivity contribution is 6.03. The predicted molar refractivity (Wildman–Crippen MR) is 80.0 cm³/mol. The van der Waals surface area contributed by atoms with Gasteiger partial charge in [-0.15, -0.1) is 0 Å². The van der Waals surface area contributed by atoms with Crippen LogP contribution >= 0.6 is 0 Å². The van der Waals surface area contributed by atoms with Crippen LogP contribution in [0.2, 0.25) is 0 Å². The first-order valence-corrected chi connectivity index (χ1v) is 6.44. The summed E-state index contributed by atoms with van der Waals surface area (Å²) in [5, 5.41) is 5.06. The molecule has 0 heterocycles. The molecular formula is C16H20N2O. The Morgan fingerprint density at radius 3 is 2.42 bits per heavy atom.